The number of nitrogens with zero attached hydrogens (tertiary/aromatic N) is 1. The Labute approximate surface area is 161 Å². The lowest BCUT2D eigenvalue weighted by Crippen LogP contribution is -2.24. The van der Waals surface area contributed by atoms with Crippen LogP contribution in [0.3, 0.4) is 0 Å². The average molecular weight is 371 g/mol. The van der Waals surface area contributed by atoms with Crippen LogP contribution in [0.15, 0.2) is 36.4 Å². The molecule has 0 N–H and O–H groups in total. The summed E-state index contributed by atoms with van der Waals surface area (Å²) >= 11 is 0. The average Bonchev–Trinajstić information content (AvgIpc) is 3.21. The van der Waals surface area contributed by atoms with E-state index < -0.39 is 0 Å². The fraction of sp³-hybridized carbons (Fsp3) is 0.455. The van der Waals surface area contributed by atoms with Crippen LogP contribution in [0, 0.1) is 0 Å². The Hall–Kier alpha value is -2.40. The van der Waals surface area contributed by atoms with Gasteiger partial charge in [-0.25, -0.2) is 0 Å². The molecule has 0 aliphatic carbocycles. The normalized spacial score (nSPS) is 18.2. The molecule has 0 unspecified atom stereocenters. The zero-order valence-corrected chi connectivity index (χ0v) is 16.8. The van der Waals surface area contributed by atoms with Gasteiger partial charge in [-0.2, -0.15) is 0 Å². The van der Waals surface area contributed by atoms with E-state index in [0.717, 1.165) is 30.8 Å². The van der Waals surface area contributed by atoms with E-state index in [1.165, 1.54) is 5.56 Å². The van der Waals surface area contributed by atoms with Gasteiger partial charge in [0.2, 0.25) is 5.75 Å². The van der Waals surface area contributed by atoms with E-state index in [-0.39, 0.29) is 6.04 Å². The number of hydrogen-bond acceptors (Lipinski definition) is 5. The van der Waals surface area contributed by atoms with Crippen molar-refractivity contribution in [3.63, 3.8) is 0 Å². The number of hydrogen-bond donors (Lipinski definition) is 0. The van der Waals surface area contributed by atoms with Crippen LogP contribution in [0.2, 0.25) is 0 Å². The second kappa shape index (κ2) is 8.53. The van der Waals surface area contributed by atoms with Gasteiger partial charge in [0.25, 0.3) is 0 Å². The van der Waals surface area contributed by atoms with Gasteiger partial charge in [0.15, 0.2) is 11.5 Å². The standard InChI is InChI=1S/C22H29NO4/c1-15(17-12-20(25-3)22(27-5)21(13-17)26-4)23-11-10-16(14-23)18-8-6-7-9-19(18)24-2/h6-9,12-13,15-16H,10-11,14H2,1-5H3/t15-,16+/m0/s1. The van der Waals surface area contributed by atoms with Crippen LogP contribution in [-0.4, -0.2) is 46.4 Å². The SMILES string of the molecule is COc1ccccc1[C@@H]1CCN([C@@H](C)c2cc(OC)c(OC)c(OC)c2)C1. The molecule has 146 valence electrons. The molecular weight excluding hydrogens is 342 g/mol. The summed E-state index contributed by atoms with van der Waals surface area (Å²) in [4.78, 5) is 2.50. The highest BCUT2D eigenvalue weighted by Crippen LogP contribution is 2.42. The van der Waals surface area contributed by atoms with Crippen molar-refractivity contribution in [1.29, 1.82) is 0 Å². The monoisotopic (exact) mass is 371 g/mol. The first kappa shape index (κ1) is 19.4. The molecule has 2 aromatic carbocycles. The predicted octanol–water partition coefficient (Wildman–Crippen LogP) is 4.27. The van der Waals surface area contributed by atoms with Gasteiger partial charge in [-0.15, -0.1) is 0 Å². The van der Waals surface area contributed by atoms with Crippen LogP contribution < -0.4 is 18.9 Å². The van der Waals surface area contributed by atoms with Gasteiger partial charge in [0, 0.05) is 18.5 Å². The lowest BCUT2D eigenvalue weighted by atomic mass is 9.97. The van der Waals surface area contributed by atoms with E-state index in [4.69, 9.17) is 18.9 Å². The van der Waals surface area contributed by atoms with E-state index in [9.17, 15) is 0 Å². The second-order valence-electron chi connectivity index (χ2n) is 6.86. The molecule has 0 spiro atoms. The molecule has 1 saturated heterocycles. The third-order valence-corrected chi connectivity index (χ3v) is 5.52. The summed E-state index contributed by atoms with van der Waals surface area (Å²) in [5.41, 5.74) is 2.45. The van der Waals surface area contributed by atoms with Crippen molar-refractivity contribution in [2.24, 2.45) is 0 Å². The molecule has 3 rings (SSSR count). The van der Waals surface area contributed by atoms with Crippen LogP contribution >= 0.6 is 0 Å². The van der Waals surface area contributed by atoms with Gasteiger partial charge in [-0.1, -0.05) is 18.2 Å². The highest BCUT2D eigenvalue weighted by molar-refractivity contribution is 5.54. The number of para-hydroxylation sites is 1. The van der Waals surface area contributed by atoms with Gasteiger partial charge in [0.05, 0.1) is 28.4 Å². The molecule has 2 atom stereocenters. The first-order chi connectivity index (χ1) is 13.1. The predicted molar refractivity (Wildman–Crippen MR) is 106 cm³/mol. The maximum Gasteiger partial charge on any atom is 0.203 e. The van der Waals surface area contributed by atoms with Crippen molar-refractivity contribution in [2.75, 3.05) is 41.5 Å². The van der Waals surface area contributed by atoms with Crippen LogP contribution in [0.4, 0.5) is 0 Å². The zero-order chi connectivity index (χ0) is 19.4. The maximum atomic E-state index is 5.56. The Morgan fingerprint density at radius 2 is 1.52 bits per heavy atom. The molecule has 1 heterocycles. The first-order valence-electron chi connectivity index (χ1n) is 9.29. The zero-order valence-electron chi connectivity index (χ0n) is 16.8. The quantitative estimate of drug-likeness (QED) is 0.727. The molecule has 1 aliphatic heterocycles. The third-order valence-electron chi connectivity index (χ3n) is 5.52. The molecule has 0 aromatic heterocycles. The Kier molecular flexibility index (Phi) is 6.11. The van der Waals surface area contributed by atoms with Crippen molar-refractivity contribution in [1.82, 2.24) is 4.90 Å². The van der Waals surface area contributed by atoms with Gasteiger partial charge in [0.1, 0.15) is 5.75 Å². The number of likely N-dealkylation sites (tertiary alicyclic amines) is 1. The first-order valence-corrected chi connectivity index (χ1v) is 9.29. The van der Waals surface area contributed by atoms with Gasteiger partial charge in [-0.3, -0.25) is 4.90 Å². The minimum absolute atomic E-state index is 0.249. The molecule has 0 radical (unpaired) electrons. The number of methoxy groups -OCH3 is 4. The fourth-order valence-electron chi connectivity index (χ4n) is 3.95. The molecule has 0 amide bonds. The van der Waals surface area contributed by atoms with Crippen molar-refractivity contribution in [2.45, 2.75) is 25.3 Å². The summed E-state index contributed by atoms with van der Waals surface area (Å²) in [5.74, 6) is 3.47. The minimum atomic E-state index is 0.249. The summed E-state index contributed by atoms with van der Waals surface area (Å²) in [6, 6.07) is 12.7. The topological polar surface area (TPSA) is 40.2 Å². The summed E-state index contributed by atoms with van der Waals surface area (Å²) in [6.45, 7) is 4.27. The van der Waals surface area contributed by atoms with E-state index in [1.807, 2.05) is 24.3 Å². The molecule has 0 bridgehead atoms. The van der Waals surface area contributed by atoms with Crippen LogP contribution in [0.1, 0.15) is 36.4 Å². The highest BCUT2D eigenvalue weighted by Gasteiger charge is 2.30. The summed E-state index contributed by atoms with van der Waals surface area (Å²) in [6.07, 6.45) is 1.12. The summed E-state index contributed by atoms with van der Waals surface area (Å²) < 4.78 is 22.0. The van der Waals surface area contributed by atoms with Gasteiger partial charge < -0.3 is 18.9 Å². The lowest BCUT2D eigenvalue weighted by Gasteiger charge is -2.26. The van der Waals surface area contributed by atoms with Crippen LogP contribution in [-0.2, 0) is 0 Å². The highest BCUT2D eigenvalue weighted by atomic mass is 16.5. The van der Waals surface area contributed by atoms with Crippen molar-refractivity contribution in [3.8, 4) is 23.0 Å². The number of rotatable bonds is 7. The molecule has 5 heteroatoms. The van der Waals surface area contributed by atoms with Crippen molar-refractivity contribution >= 4 is 0 Å². The van der Waals surface area contributed by atoms with Crippen LogP contribution in [0.5, 0.6) is 23.0 Å². The maximum absolute atomic E-state index is 5.56. The number of benzene rings is 2. The largest absolute Gasteiger partial charge is 0.496 e. The molecule has 5 nitrogen and oxygen atoms in total. The second-order valence-corrected chi connectivity index (χ2v) is 6.86. The molecule has 27 heavy (non-hydrogen) atoms. The third kappa shape index (κ3) is 3.83. The molecule has 1 aliphatic rings. The van der Waals surface area contributed by atoms with E-state index in [2.05, 4.69) is 24.0 Å². The number of ether oxygens (including phenoxy) is 4. The molecule has 1 fully saturated rings. The van der Waals surface area contributed by atoms with Gasteiger partial charge in [-0.05, 0) is 49.2 Å². The summed E-state index contributed by atoms with van der Waals surface area (Å²) in [7, 11) is 6.67. The Bertz CT molecular complexity index is 752. The molecular formula is C22H29NO4. The van der Waals surface area contributed by atoms with E-state index in [1.54, 1.807) is 28.4 Å². The Morgan fingerprint density at radius 3 is 2.11 bits per heavy atom. The smallest absolute Gasteiger partial charge is 0.203 e. The lowest BCUT2D eigenvalue weighted by molar-refractivity contribution is 0.256. The minimum Gasteiger partial charge on any atom is -0.496 e. The van der Waals surface area contributed by atoms with E-state index in [0.29, 0.717) is 23.2 Å². The van der Waals surface area contributed by atoms with Crippen molar-refractivity contribution < 1.29 is 18.9 Å². The van der Waals surface area contributed by atoms with Gasteiger partial charge >= 0.3 is 0 Å². The van der Waals surface area contributed by atoms with E-state index >= 15 is 0 Å². The van der Waals surface area contributed by atoms with Crippen molar-refractivity contribution in [3.05, 3.63) is 47.5 Å². The molecule has 0 saturated carbocycles. The van der Waals surface area contributed by atoms with Crippen LogP contribution in [0.25, 0.3) is 0 Å². The molecule has 2 aromatic rings. The Morgan fingerprint density at radius 1 is 0.889 bits per heavy atom. The summed E-state index contributed by atoms with van der Waals surface area (Å²) in [5, 5.41) is 0. The fourth-order valence-corrected chi connectivity index (χ4v) is 3.95. The Balaban J connectivity index is 1.82.